The number of hydrogen-bond donors (Lipinski definition) is 2. The lowest BCUT2D eigenvalue weighted by molar-refractivity contribution is -0.145. The van der Waals surface area contributed by atoms with E-state index in [2.05, 4.69) is 20.4 Å². The Balaban J connectivity index is 1.32. The first-order chi connectivity index (χ1) is 17.3. The maximum absolute atomic E-state index is 13.2. The summed E-state index contributed by atoms with van der Waals surface area (Å²) in [6, 6.07) is 13.0. The number of nitrogens with one attached hydrogen (secondary N) is 2. The molecule has 0 aromatic heterocycles. The van der Waals surface area contributed by atoms with Crippen molar-refractivity contribution in [2.45, 2.75) is 26.3 Å². The van der Waals surface area contributed by atoms with Gasteiger partial charge in [0.25, 0.3) is 0 Å². The molecule has 3 amide bonds. The first-order valence-corrected chi connectivity index (χ1v) is 12.4. The highest BCUT2D eigenvalue weighted by molar-refractivity contribution is 5.98. The lowest BCUT2D eigenvalue weighted by Gasteiger charge is -2.39. The fourth-order valence-corrected chi connectivity index (χ4v) is 4.79. The van der Waals surface area contributed by atoms with Gasteiger partial charge in [-0.15, -0.1) is 0 Å². The van der Waals surface area contributed by atoms with Crippen molar-refractivity contribution in [3.05, 3.63) is 53.6 Å². The van der Waals surface area contributed by atoms with Crippen molar-refractivity contribution in [3.8, 4) is 5.75 Å². The molecule has 4 rings (SSSR count). The second-order valence-corrected chi connectivity index (χ2v) is 9.43. The predicted molar refractivity (Wildman–Crippen MR) is 139 cm³/mol. The Morgan fingerprint density at radius 3 is 2.42 bits per heavy atom. The molecule has 0 bridgehead atoms. The minimum Gasteiger partial charge on any atom is -0.497 e. The van der Waals surface area contributed by atoms with E-state index in [-0.39, 0.29) is 30.7 Å². The summed E-state index contributed by atoms with van der Waals surface area (Å²) in [5, 5.41) is 5.69. The molecule has 2 aliphatic heterocycles. The second kappa shape index (κ2) is 11.4. The quantitative estimate of drug-likeness (QED) is 0.611. The number of methoxy groups -OCH3 is 1. The third-order valence-corrected chi connectivity index (χ3v) is 6.85. The Bertz CT molecular complexity index is 1100. The third kappa shape index (κ3) is 6.15. The van der Waals surface area contributed by atoms with Gasteiger partial charge in [0.2, 0.25) is 17.7 Å². The SMILES string of the molecule is COc1ccc(N2CCN(CC(=O)N3CCNC(=O)[C@H]3CC(=O)Nc3ccc(C)cc3C)CC2)cc1. The van der Waals surface area contributed by atoms with E-state index >= 15 is 0 Å². The normalized spacial score (nSPS) is 18.5. The lowest BCUT2D eigenvalue weighted by Crippen LogP contribution is -2.60. The predicted octanol–water partition coefficient (Wildman–Crippen LogP) is 1.79. The van der Waals surface area contributed by atoms with Gasteiger partial charge in [0.1, 0.15) is 11.8 Å². The molecule has 2 aliphatic rings. The molecule has 0 saturated carbocycles. The maximum Gasteiger partial charge on any atom is 0.243 e. The van der Waals surface area contributed by atoms with Gasteiger partial charge in [-0.2, -0.15) is 0 Å². The molecule has 2 aromatic rings. The van der Waals surface area contributed by atoms with Crippen molar-refractivity contribution < 1.29 is 19.1 Å². The van der Waals surface area contributed by atoms with Crippen LogP contribution in [-0.4, -0.2) is 86.5 Å². The number of carbonyl (C=O) groups excluding carboxylic acids is 3. The molecule has 0 spiro atoms. The lowest BCUT2D eigenvalue weighted by atomic mass is 10.1. The fourth-order valence-electron chi connectivity index (χ4n) is 4.79. The monoisotopic (exact) mass is 493 g/mol. The number of nitrogens with zero attached hydrogens (tertiary/aromatic N) is 3. The number of carbonyl (C=O) groups is 3. The van der Waals surface area contributed by atoms with Crippen molar-refractivity contribution in [2.75, 3.05) is 63.1 Å². The first-order valence-electron chi connectivity index (χ1n) is 12.4. The zero-order chi connectivity index (χ0) is 25.7. The standard InChI is InChI=1S/C27H35N5O4/c1-19-4-9-23(20(2)16-19)29-25(33)17-24-27(35)28-10-11-32(24)26(34)18-30-12-14-31(15-13-30)21-5-7-22(36-3)8-6-21/h4-9,16,24H,10-15,17-18H2,1-3H3,(H,28,35)(H,29,33)/t24-/m1/s1. The average Bonchev–Trinajstić information content (AvgIpc) is 2.87. The number of amides is 3. The molecule has 9 heteroatoms. The molecular formula is C27H35N5O4. The van der Waals surface area contributed by atoms with E-state index in [4.69, 9.17) is 4.74 Å². The summed E-state index contributed by atoms with van der Waals surface area (Å²) >= 11 is 0. The van der Waals surface area contributed by atoms with Gasteiger partial charge >= 0.3 is 0 Å². The smallest absolute Gasteiger partial charge is 0.243 e. The molecule has 2 fully saturated rings. The number of benzene rings is 2. The zero-order valence-corrected chi connectivity index (χ0v) is 21.3. The number of piperazine rings is 2. The van der Waals surface area contributed by atoms with E-state index in [1.165, 1.54) is 0 Å². The molecular weight excluding hydrogens is 458 g/mol. The van der Waals surface area contributed by atoms with Crippen LogP contribution in [0.2, 0.25) is 0 Å². The minimum absolute atomic E-state index is 0.0733. The molecule has 2 saturated heterocycles. The van der Waals surface area contributed by atoms with Crippen molar-refractivity contribution >= 4 is 29.1 Å². The number of aryl methyl sites for hydroxylation is 2. The van der Waals surface area contributed by atoms with Crippen LogP contribution in [0.1, 0.15) is 17.5 Å². The number of ether oxygens (including phenoxy) is 1. The van der Waals surface area contributed by atoms with E-state index in [1.54, 1.807) is 12.0 Å². The molecule has 2 aromatic carbocycles. The summed E-state index contributed by atoms with van der Waals surface area (Å²) in [5.74, 6) is 0.141. The van der Waals surface area contributed by atoms with Gasteiger partial charge in [0, 0.05) is 50.6 Å². The summed E-state index contributed by atoms with van der Waals surface area (Å²) in [6.07, 6.45) is -0.0733. The van der Waals surface area contributed by atoms with Gasteiger partial charge in [-0.1, -0.05) is 17.7 Å². The Morgan fingerprint density at radius 1 is 1.03 bits per heavy atom. The van der Waals surface area contributed by atoms with Crippen molar-refractivity contribution in [1.29, 1.82) is 0 Å². The summed E-state index contributed by atoms with van der Waals surface area (Å²) in [6.45, 7) is 8.06. The summed E-state index contributed by atoms with van der Waals surface area (Å²) in [4.78, 5) is 44.6. The molecule has 192 valence electrons. The van der Waals surface area contributed by atoms with Crippen LogP contribution in [0.4, 0.5) is 11.4 Å². The van der Waals surface area contributed by atoms with Crippen LogP contribution >= 0.6 is 0 Å². The third-order valence-electron chi connectivity index (χ3n) is 6.85. The van der Waals surface area contributed by atoms with Crippen LogP contribution in [0.5, 0.6) is 5.75 Å². The molecule has 0 unspecified atom stereocenters. The molecule has 9 nitrogen and oxygen atoms in total. The van der Waals surface area contributed by atoms with Gasteiger partial charge in [-0.05, 0) is 49.7 Å². The van der Waals surface area contributed by atoms with Gasteiger partial charge in [-0.3, -0.25) is 19.3 Å². The van der Waals surface area contributed by atoms with E-state index < -0.39 is 6.04 Å². The highest BCUT2D eigenvalue weighted by Gasteiger charge is 2.35. The molecule has 2 N–H and O–H groups in total. The van der Waals surface area contributed by atoms with Gasteiger partial charge in [-0.25, -0.2) is 0 Å². The summed E-state index contributed by atoms with van der Waals surface area (Å²) in [5.41, 5.74) is 3.91. The van der Waals surface area contributed by atoms with Crippen LogP contribution in [0.25, 0.3) is 0 Å². The Morgan fingerprint density at radius 2 is 1.75 bits per heavy atom. The first kappa shape index (κ1) is 25.5. The van der Waals surface area contributed by atoms with E-state index in [1.807, 2.05) is 56.3 Å². The summed E-state index contributed by atoms with van der Waals surface area (Å²) < 4.78 is 5.23. The summed E-state index contributed by atoms with van der Waals surface area (Å²) in [7, 11) is 1.65. The van der Waals surface area contributed by atoms with Crippen molar-refractivity contribution in [3.63, 3.8) is 0 Å². The molecule has 1 atom stereocenters. The molecule has 0 radical (unpaired) electrons. The number of rotatable bonds is 7. The van der Waals surface area contributed by atoms with E-state index in [0.717, 1.165) is 54.4 Å². The Kier molecular flexibility index (Phi) is 8.10. The fraction of sp³-hybridized carbons (Fsp3) is 0.444. The topological polar surface area (TPSA) is 94.2 Å². The van der Waals surface area contributed by atoms with Crippen LogP contribution in [0.15, 0.2) is 42.5 Å². The van der Waals surface area contributed by atoms with Crippen molar-refractivity contribution in [1.82, 2.24) is 15.1 Å². The zero-order valence-electron chi connectivity index (χ0n) is 21.3. The van der Waals surface area contributed by atoms with Gasteiger partial charge < -0.3 is 25.2 Å². The van der Waals surface area contributed by atoms with Crippen LogP contribution < -0.4 is 20.3 Å². The Hall–Kier alpha value is -3.59. The van der Waals surface area contributed by atoms with Crippen LogP contribution in [-0.2, 0) is 14.4 Å². The Labute approximate surface area is 212 Å². The van der Waals surface area contributed by atoms with Gasteiger partial charge in [0.05, 0.1) is 20.1 Å². The van der Waals surface area contributed by atoms with E-state index in [9.17, 15) is 14.4 Å². The largest absolute Gasteiger partial charge is 0.497 e. The molecule has 0 aliphatic carbocycles. The van der Waals surface area contributed by atoms with Crippen LogP contribution in [0.3, 0.4) is 0 Å². The van der Waals surface area contributed by atoms with Crippen molar-refractivity contribution in [2.24, 2.45) is 0 Å². The van der Waals surface area contributed by atoms with Gasteiger partial charge in [0.15, 0.2) is 0 Å². The average molecular weight is 494 g/mol. The highest BCUT2D eigenvalue weighted by Crippen LogP contribution is 2.21. The molecule has 36 heavy (non-hydrogen) atoms. The number of anilines is 2. The highest BCUT2D eigenvalue weighted by atomic mass is 16.5. The minimum atomic E-state index is -0.808. The second-order valence-electron chi connectivity index (χ2n) is 9.43. The number of hydrogen-bond acceptors (Lipinski definition) is 6. The van der Waals surface area contributed by atoms with Crippen LogP contribution in [0, 0.1) is 13.8 Å². The van der Waals surface area contributed by atoms with E-state index in [0.29, 0.717) is 13.1 Å². The molecule has 2 heterocycles. The maximum atomic E-state index is 13.2.